The van der Waals surface area contributed by atoms with Crippen molar-refractivity contribution in [1.82, 2.24) is 4.90 Å². The van der Waals surface area contributed by atoms with Gasteiger partial charge < -0.3 is 9.64 Å². The van der Waals surface area contributed by atoms with Crippen LogP contribution in [0.4, 0.5) is 13.2 Å². The number of amides is 1. The van der Waals surface area contributed by atoms with Crippen molar-refractivity contribution in [2.75, 3.05) is 13.2 Å². The molecule has 1 aromatic rings. The van der Waals surface area contributed by atoms with Gasteiger partial charge in [-0.25, -0.2) is 4.79 Å². The van der Waals surface area contributed by atoms with Crippen LogP contribution < -0.4 is 0 Å². The number of esters is 1. The summed E-state index contributed by atoms with van der Waals surface area (Å²) in [6.45, 7) is 1.52. The third-order valence-corrected chi connectivity index (χ3v) is 3.97. The average Bonchev–Trinajstić information content (AvgIpc) is 2.91. The molecule has 23 heavy (non-hydrogen) atoms. The molecule has 1 amide bonds. The summed E-state index contributed by atoms with van der Waals surface area (Å²) in [5.74, 6) is -2.77. The Hall–Kier alpha value is -2.05. The normalized spacial score (nSPS) is 21.3. The average molecular weight is 329 g/mol. The highest BCUT2D eigenvalue weighted by Gasteiger charge is 2.56. The van der Waals surface area contributed by atoms with Gasteiger partial charge in [-0.05, 0) is 25.3 Å². The van der Waals surface area contributed by atoms with E-state index in [9.17, 15) is 22.8 Å². The molecule has 2 rings (SSSR count). The zero-order valence-corrected chi connectivity index (χ0v) is 12.7. The fourth-order valence-electron chi connectivity index (χ4n) is 2.99. The van der Waals surface area contributed by atoms with E-state index in [1.807, 2.05) is 0 Å². The standard InChI is InChI=1S/C16H18F3NO3/c1-2-23-14(22)15(11-12-7-4-3-5-8-12)9-6-10-20(15)13(21)16(17,18)19/h3-5,7-8H,2,6,9-11H2,1H3/t15-/m0/s1. The van der Waals surface area contributed by atoms with E-state index in [2.05, 4.69) is 0 Å². The first-order valence-electron chi connectivity index (χ1n) is 7.41. The fraction of sp³-hybridized carbons (Fsp3) is 0.500. The van der Waals surface area contributed by atoms with Crippen molar-refractivity contribution in [1.29, 1.82) is 0 Å². The Morgan fingerprint density at radius 2 is 1.91 bits per heavy atom. The molecule has 1 aromatic carbocycles. The summed E-state index contributed by atoms with van der Waals surface area (Å²) in [4.78, 5) is 24.8. The maximum absolute atomic E-state index is 12.9. The van der Waals surface area contributed by atoms with Crippen LogP contribution in [0.2, 0.25) is 0 Å². The van der Waals surface area contributed by atoms with Gasteiger partial charge in [0, 0.05) is 13.0 Å². The molecule has 0 spiro atoms. The lowest BCUT2D eigenvalue weighted by molar-refractivity contribution is -0.193. The van der Waals surface area contributed by atoms with E-state index in [0.717, 1.165) is 0 Å². The van der Waals surface area contributed by atoms with Gasteiger partial charge in [0.15, 0.2) is 0 Å². The molecule has 126 valence electrons. The van der Waals surface area contributed by atoms with E-state index in [4.69, 9.17) is 4.74 Å². The zero-order valence-electron chi connectivity index (χ0n) is 12.7. The Morgan fingerprint density at radius 3 is 2.48 bits per heavy atom. The van der Waals surface area contributed by atoms with Crippen LogP contribution in [0.5, 0.6) is 0 Å². The molecule has 1 saturated heterocycles. The van der Waals surface area contributed by atoms with Crippen LogP contribution in [0, 0.1) is 0 Å². The van der Waals surface area contributed by atoms with Crippen molar-refractivity contribution in [2.45, 2.75) is 37.9 Å². The summed E-state index contributed by atoms with van der Waals surface area (Å²) in [6, 6.07) is 8.68. The lowest BCUT2D eigenvalue weighted by Crippen LogP contribution is -2.58. The van der Waals surface area contributed by atoms with Crippen LogP contribution >= 0.6 is 0 Å². The molecular formula is C16H18F3NO3. The summed E-state index contributed by atoms with van der Waals surface area (Å²) in [6.07, 6.45) is -4.52. The first kappa shape index (κ1) is 17.3. The molecule has 1 heterocycles. The third kappa shape index (κ3) is 3.48. The quantitative estimate of drug-likeness (QED) is 0.798. The van der Waals surface area contributed by atoms with Gasteiger partial charge in [-0.3, -0.25) is 4.79 Å². The van der Waals surface area contributed by atoms with E-state index >= 15 is 0 Å². The van der Waals surface area contributed by atoms with Crippen LogP contribution in [0.25, 0.3) is 0 Å². The molecule has 1 aliphatic rings. The number of benzene rings is 1. The van der Waals surface area contributed by atoms with Crippen LogP contribution in [0.1, 0.15) is 25.3 Å². The lowest BCUT2D eigenvalue weighted by Gasteiger charge is -2.36. The lowest BCUT2D eigenvalue weighted by atomic mass is 9.88. The second-order valence-electron chi connectivity index (χ2n) is 5.47. The number of hydrogen-bond donors (Lipinski definition) is 0. The molecule has 0 saturated carbocycles. The number of nitrogens with zero attached hydrogens (tertiary/aromatic N) is 1. The van der Waals surface area contributed by atoms with Gasteiger partial charge in [0.2, 0.25) is 0 Å². The van der Waals surface area contributed by atoms with E-state index in [1.165, 1.54) is 0 Å². The van der Waals surface area contributed by atoms with Gasteiger partial charge in [0.1, 0.15) is 5.54 Å². The minimum Gasteiger partial charge on any atom is -0.464 e. The van der Waals surface area contributed by atoms with Crippen molar-refractivity contribution in [3.63, 3.8) is 0 Å². The largest absolute Gasteiger partial charge is 0.471 e. The molecule has 0 radical (unpaired) electrons. The number of likely N-dealkylation sites (tertiary alicyclic amines) is 1. The van der Waals surface area contributed by atoms with Crippen LogP contribution in [-0.2, 0) is 20.7 Å². The second-order valence-corrected chi connectivity index (χ2v) is 5.47. The number of carbonyl (C=O) groups is 2. The molecule has 0 N–H and O–H groups in total. The number of ether oxygens (including phenoxy) is 1. The van der Waals surface area contributed by atoms with Crippen molar-refractivity contribution >= 4 is 11.9 Å². The fourth-order valence-corrected chi connectivity index (χ4v) is 2.99. The summed E-state index contributed by atoms with van der Waals surface area (Å²) in [5.41, 5.74) is -0.910. The van der Waals surface area contributed by atoms with Gasteiger partial charge in [-0.15, -0.1) is 0 Å². The summed E-state index contributed by atoms with van der Waals surface area (Å²) >= 11 is 0. The van der Waals surface area contributed by atoms with Gasteiger partial charge in [-0.2, -0.15) is 13.2 Å². The highest BCUT2D eigenvalue weighted by atomic mass is 19.4. The Labute approximate surface area is 132 Å². The smallest absolute Gasteiger partial charge is 0.464 e. The predicted octanol–water partition coefficient (Wildman–Crippen LogP) is 2.72. The van der Waals surface area contributed by atoms with Crippen molar-refractivity contribution in [3.05, 3.63) is 35.9 Å². The van der Waals surface area contributed by atoms with Crippen LogP contribution in [0.3, 0.4) is 0 Å². The molecule has 0 aromatic heterocycles. The molecule has 1 aliphatic heterocycles. The van der Waals surface area contributed by atoms with Gasteiger partial charge >= 0.3 is 18.1 Å². The highest BCUT2D eigenvalue weighted by molar-refractivity contribution is 5.91. The molecule has 0 unspecified atom stereocenters. The van der Waals surface area contributed by atoms with E-state index < -0.39 is 23.6 Å². The molecule has 7 heteroatoms. The van der Waals surface area contributed by atoms with Crippen LogP contribution in [0.15, 0.2) is 30.3 Å². The van der Waals surface area contributed by atoms with Crippen molar-refractivity contribution < 1.29 is 27.5 Å². The van der Waals surface area contributed by atoms with Gasteiger partial charge in [0.05, 0.1) is 6.61 Å². The summed E-state index contributed by atoms with van der Waals surface area (Å²) in [7, 11) is 0. The van der Waals surface area contributed by atoms with Gasteiger partial charge in [-0.1, -0.05) is 30.3 Å². The Bertz CT molecular complexity index is 574. The third-order valence-electron chi connectivity index (χ3n) is 3.97. The highest BCUT2D eigenvalue weighted by Crippen LogP contribution is 2.37. The summed E-state index contributed by atoms with van der Waals surface area (Å²) < 4.78 is 43.7. The van der Waals surface area contributed by atoms with E-state index in [1.54, 1.807) is 37.3 Å². The number of hydrogen-bond acceptors (Lipinski definition) is 3. The minimum absolute atomic E-state index is 0.00843. The first-order valence-corrected chi connectivity index (χ1v) is 7.41. The summed E-state index contributed by atoms with van der Waals surface area (Å²) in [5, 5.41) is 0. The Morgan fingerprint density at radius 1 is 1.26 bits per heavy atom. The molecular weight excluding hydrogens is 311 g/mol. The maximum Gasteiger partial charge on any atom is 0.471 e. The number of carbonyl (C=O) groups excluding carboxylic acids is 2. The van der Waals surface area contributed by atoms with E-state index in [-0.39, 0.29) is 26.0 Å². The number of rotatable bonds is 4. The first-order chi connectivity index (χ1) is 10.8. The van der Waals surface area contributed by atoms with E-state index in [0.29, 0.717) is 16.9 Å². The minimum atomic E-state index is -5.02. The second kappa shape index (κ2) is 6.60. The predicted molar refractivity (Wildman–Crippen MR) is 76.5 cm³/mol. The van der Waals surface area contributed by atoms with Crippen molar-refractivity contribution in [3.8, 4) is 0 Å². The van der Waals surface area contributed by atoms with Gasteiger partial charge in [0.25, 0.3) is 0 Å². The number of alkyl halides is 3. The molecule has 4 nitrogen and oxygen atoms in total. The maximum atomic E-state index is 12.9. The molecule has 0 bridgehead atoms. The zero-order chi connectivity index (χ0) is 17.1. The topological polar surface area (TPSA) is 46.6 Å². The van der Waals surface area contributed by atoms with Crippen molar-refractivity contribution in [2.24, 2.45) is 0 Å². The van der Waals surface area contributed by atoms with Crippen LogP contribution in [-0.4, -0.2) is 41.6 Å². The SMILES string of the molecule is CCOC(=O)[C@@]1(Cc2ccccc2)CCCN1C(=O)C(F)(F)F. The molecule has 0 aliphatic carbocycles. The number of halogens is 3. The Kier molecular flexibility index (Phi) is 4.97. The Balaban J connectivity index is 2.40. The molecule has 1 atom stereocenters. The monoisotopic (exact) mass is 329 g/mol. The molecule has 1 fully saturated rings.